The van der Waals surface area contributed by atoms with Crippen molar-refractivity contribution in [2.45, 2.75) is 100 Å². The van der Waals surface area contributed by atoms with Gasteiger partial charge in [0.25, 0.3) is 5.91 Å². The smallest absolute Gasteiger partial charge is 0.280 e. The molecule has 20 heteroatoms. The zero-order valence-corrected chi connectivity index (χ0v) is 34.2. The molecule has 1 aromatic heterocycles. The second kappa shape index (κ2) is 25.6. The van der Waals surface area contributed by atoms with Crippen molar-refractivity contribution in [2.24, 2.45) is 10.7 Å². The lowest BCUT2D eigenvalue weighted by Crippen LogP contribution is -2.53. The molecule has 0 bridgehead atoms. The van der Waals surface area contributed by atoms with Crippen LogP contribution in [0.2, 0.25) is 5.15 Å². The summed E-state index contributed by atoms with van der Waals surface area (Å²) in [5.41, 5.74) is 21.4. The highest BCUT2D eigenvalue weighted by molar-refractivity contribution is 6.31. The number of anilines is 2. The number of benzene rings is 2. The lowest BCUT2D eigenvalue weighted by Gasteiger charge is -2.33. The van der Waals surface area contributed by atoms with Crippen LogP contribution in [0.25, 0.3) is 11.1 Å². The quantitative estimate of drug-likeness (QED) is 0.0243. The van der Waals surface area contributed by atoms with Crippen LogP contribution in [0.4, 0.5) is 11.6 Å². The molecule has 334 valence electrons. The Balaban J connectivity index is 1.41. The summed E-state index contributed by atoms with van der Waals surface area (Å²) in [6.45, 7) is -1.56. The maximum absolute atomic E-state index is 12.4. The maximum Gasteiger partial charge on any atom is 0.280 e. The first-order chi connectivity index (χ1) is 28.6. The van der Waals surface area contributed by atoms with Gasteiger partial charge in [-0.05, 0) is 67.3 Å². The van der Waals surface area contributed by atoms with E-state index < -0.39 is 68.0 Å². The van der Waals surface area contributed by atoms with E-state index in [2.05, 4.69) is 68.8 Å². The fraction of sp³-hybridized carbons (Fsp3) is 0.550. The summed E-state index contributed by atoms with van der Waals surface area (Å²) in [7, 11) is 0. The number of carbonyl (C=O) groups is 1. The molecule has 0 spiro atoms. The van der Waals surface area contributed by atoms with E-state index in [-0.39, 0.29) is 41.5 Å². The Morgan fingerprint density at radius 2 is 1.10 bits per heavy atom. The summed E-state index contributed by atoms with van der Waals surface area (Å²) in [5.74, 6) is -1.03. The SMILES string of the molecule is NC(=NCCCCc1ccc(-c2ccc(CCCCCCN(C[C@H](O)[C@@H](O)[C@H](O)[C@H](O)CO)C[C@H](O)[C@@H](O)[C@H](O)[C@H](O)CO)cc2)cc1)NC(=O)c1nc(Cl)c(N)nc1N. The van der Waals surface area contributed by atoms with E-state index in [4.69, 9.17) is 39.0 Å². The number of nitrogens with zero attached hydrogens (tertiary/aromatic N) is 4. The molecule has 2 aromatic carbocycles. The van der Waals surface area contributed by atoms with Crippen molar-refractivity contribution in [3.05, 3.63) is 70.5 Å². The van der Waals surface area contributed by atoms with Crippen LogP contribution in [0.5, 0.6) is 0 Å². The molecule has 3 aromatic rings. The highest BCUT2D eigenvalue weighted by atomic mass is 35.5. The van der Waals surface area contributed by atoms with Crippen LogP contribution in [-0.2, 0) is 12.8 Å². The predicted molar refractivity (Wildman–Crippen MR) is 225 cm³/mol. The van der Waals surface area contributed by atoms with Gasteiger partial charge in [0.2, 0.25) is 0 Å². The van der Waals surface area contributed by atoms with E-state index in [1.165, 1.54) is 16.0 Å². The molecule has 0 aliphatic carbocycles. The highest BCUT2D eigenvalue weighted by Gasteiger charge is 2.34. The fourth-order valence-electron chi connectivity index (χ4n) is 6.34. The highest BCUT2D eigenvalue weighted by Crippen LogP contribution is 2.22. The largest absolute Gasteiger partial charge is 0.394 e. The number of halogens is 1. The zero-order valence-electron chi connectivity index (χ0n) is 33.4. The van der Waals surface area contributed by atoms with Crippen molar-refractivity contribution in [1.29, 1.82) is 0 Å². The van der Waals surface area contributed by atoms with Gasteiger partial charge in [0, 0.05) is 19.6 Å². The Morgan fingerprint density at radius 3 is 1.58 bits per heavy atom. The number of guanidine groups is 1. The molecule has 0 saturated heterocycles. The molecule has 0 unspecified atom stereocenters. The second-order valence-electron chi connectivity index (χ2n) is 14.7. The van der Waals surface area contributed by atoms with Gasteiger partial charge in [-0.2, -0.15) is 0 Å². The summed E-state index contributed by atoms with van der Waals surface area (Å²) in [5, 5.41) is 101. The minimum Gasteiger partial charge on any atom is -0.394 e. The third-order valence-electron chi connectivity index (χ3n) is 9.99. The fourth-order valence-corrected chi connectivity index (χ4v) is 6.47. The molecule has 0 radical (unpaired) electrons. The summed E-state index contributed by atoms with van der Waals surface area (Å²) >= 11 is 5.83. The average Bonchev–Trinajstić information content (AvgIpc) is 3.24. The van der Waals surface area contributed by atoms with Gasteiger partial charge in [-0.15, -0.1) is 0 Å². The van der Waals surface area contributed by atoms with Crippen LogP contribution in [0.3, 0.4) is 0 Å². The molecule has 0 fully saturated rings. The Labute approximate surface area is 353 Å². The minimum absolute atomic E-state index is 0.0766. The number of hydrogen-bond donors (Lipinski definition) is 14. The van der Waals surface area contributed by atoms with Crippen LogP contribution in [0.15, 0.2) is 53.5 Å². The number of aromatic nitrogens is 2. The third kappa shape index (κ3) is 16.1. The topological polar surface area (TPSA) is 351 Å². The van der Waals surface area contributed by atoms with Crippen LogP contribution in [-0.4, -0.2) is 166 Å². The van der Waals surface area contributed by atoms with Crippen molar-refractivity contribution >= 4 is 35.1 Å². The Kier molecular flexibility index (Phi) is 21.5. The number of carbonyl (C=O) groups excluding carboxylic acids is 1. The summed E-state index contributed by atoms with van der Waals surface area (Å²) in [6.07, 6.45) is -7.52. The van der Waals surface area contributed by atoms with E-state index in [1.54, 1.807) is 0 Å². The molecule has 17 N–H and O–H groups in total. The molecule has 19 nitrogen and oxygen atoms in total. The van der Waals surface area contributed by atoms with Crippen LogP contribution < -0.4 is 22.5 Å². The van der Waals surface area contributed by atoms with Gasteiger partial charge in [0.05, 0.1) is 25.4 Å². The van der Waals surface area contributed by atoms with Crippen LogP contribution >= 0.6 is 11.6 Å². The number of aliphatic hydroxyl groups is 10. The van der Waals surface area contributed by atoms with Gasteiger partial charge >= 0.3 is 0 Å². The number of nitrogens with two attached hydrogens (primary N) is 3. The number of nitrogens with one attached hydrogen (secondary N) is 1. The number of aliphatic imine (C=N–C) groups is 1. The van der Waals surface area contributed by atoms with Crippen LogP contribution in [0, 0.1) is 0 Å². The molecule has 1 amide bonds. The molecule has 3 rings (SSSR count). The van der Waals surface area contributed by atoms with Crippen molar-refractivity contribution in [2.75, 3.05) is 50.9 Å². The standard InChI is InChI=1S/C40H61ClN8O11/c41-36-38(43)47-37(42)31(46-36)39(60)48-40(44)45-17-5-4-8-24-11-15-26(16-12-24)25-13-9-23(10-14-25)7-3-1-2-6-18-49(19-27(52)32(56)34(58)29(54)21-50)20-28(53)33(57)35(59)30(55)22-51/h9-16,27-30,32-35,50-59H,1-8,17-22H2,(H4,42,43,47)(H3,44,45,48,60)/t27-,28-,29+,30+,32+,33+,34+,35+/m0/s1. The minimum atomic E-state index is -1.84. The summed E-state index contributed by atoms with van der Waals surface area (Å²) in [4.78, 5) is 25.7. The normalized spacial score (nSPS) is 16.2. The molecular formula is C40H61ClN8O11. The summed E-state index contributed by atoms with van der Waals surface area (Å²) in [6, 6.07) is 16.7. The Hall–Kier alpha value is -4.09. The molecule has 0 aliphatic heterocycles. The van der Waals surface area contributed by atoms with E-state index in [0.717, 1.165) is 56.1 Å². The molecule has 1 heterocycles. The molecule has 0 saturated carbocycles. The van der Waals surface area contributed by atoms with Crippen molar-refractivity contribution in [3.63, 3.8) is 0 Å². The number of aryl methyl sites for hydroxylation is 2. The molecule has 8 atom stereocenters. The first-order valence-corrected chi connectivity index (χ1v) is 20.2. The number of rotatable bonds is 26. The first-order valence-electron chi connectivity index (χ1n) is 19.8. The van der Waals surface area contributed by atoms with E-state index in [1.807, 2.05) is 0 Å². The number of nitrogen functional groups attached to an aromatic ring is 2. The van der Waals surface area contributed by atoms with Crippen molar-refractivity contribution < 1.29 is 55.9 Å². The molecular weight excluding hydrogens is 804 g/mol. The lowest BCUT2D eigenvalue weighted by atomic mass is 9.99. The first kappa shape index (κ1) is 50.3. The monoisotopic (exact) mass is 864 g/mol. The molecule has 60 heavy (non-hydrogen) atoms. The number of amides is 1. The van der Waals surface area contributed by atoms with Gasteiger partial charge in [-0.1, -0.05) is 73.0 Å². The van der Waals surface area contributed by atoms with E-state index in [0.29, 0.717) is 19.5 Å². The number of hydrogen-bond acceptors (Lipinski definition) is 17. The van der Waals surface area contributed by atoms with Crippen LogP contribution in [0.1, 0.15) is 60.1 Å². The average molecular weight is 865 g/mol. The van der Waals surface area contributed by atoms with Gasteiger partial charge in [-0.25, -0.2) is 9.97 Å². The van der Waals surface area contributed by atoms with E-state index in [9.17, 15) is 45.6 Å². The zero-order chi connectivity index (χ0) is 44.4. The number of aliphatic hydroxyl groups excluding tert-OH is 10. The van der Waals surface area contributed by atoms with Gasteiger partial charge < -0.3 is 68.3 Å². The second-order valence-corrected chi connectivity index (χ2v) is 15.1. The third-order valence-corrected chi connectivity index (χ3v) is 10.3. The van der Waals surface area contributed by atoms with E-state index >= 15 is 0 Å². The molecule has 0 aliphatic rings. The summed E-state index contributed by atoms with van der Waals surface area (Å²) < 4.78 is 0. The van der Waals surface area contributed by atoms with Gasteiger partial charge in [-0.3, -0.25) is 20.0 Å². The lowest BCUT2D eigenvalue weighted by molar-refractivity contribution is -0.130. The van der Waals surface area contributed by atoms with Gasteiger partial charge in [0.15, 0.2) is 28.4 Å². The Morgan fingerprint density at radius 1 is 0.650 bits per heavy atom. The van der Waals surface area contributed by atoms with Crippen molar-refractivity contribution in [3.8, 4) is 11.1 Å². The predicted octanol–water partition coefficient (Wildman–Crippen LogP) is -1.69. The Bertz CT molecular complexity index is 1730. The maximum atomic E-state index is 12.4. The van der Waals surface area contributed by atoms with Crippen molar-refractivity contribution in [1.82, 2.24) is 20.2 Å². The number of unbranched alkanes of at least 4 members (excludes halogenated alkanes) is 4. The van der Waals surface area contributed by atoms with Gasteiger partial charge in [0.1, 0.15) is 36.6 Å².